The van der Waals surface area contributed by atoms with Gasteiger partial charge in [-0.05, 0) is 87.3 Å². The number of pyridine rings is 2. The van der Waals surface area contributed by atoms with Gasteiger partial charge in [0.2, 0.25) is 0 Å². The van der Waals surface area contributed by atoms with Crippen LogP contribution in [0.4, 0.5) is 15.8 Å². The molecule has 0 aliphatic heterocycles. The van der Waals surface area contributed by atoms with Gasteiger partial charge in [-0.1, -0.05) is 0 Å². The highest BCUT2D eigenvalue weighted by atomic mass is 19.1. The third kappa shape index (κ3) is 4.64. The molecule has 7 nitrogen and oxygen atoms in total. The van der Waals surface area contributed by atoms with Crippen molar-refractivity contribution in [2.75, 3.05) is 23.4 Å². The summed E-state index contributed by atoms with van der Waals surface area (Å²) in [6.07, 6.45) is 6.20. The molecule has 5 rings (SSSR count). The van der Waals surface area contributed by atoms with Crippen LogP contribution in [-0.2, 0) is 7.05 Å². The highest BCUT2D eigenvalue weighted by molar-refractivity contribution is 5.92. The Bertz CT molecular complexity index is 1490. The van der Waals surface area contributed by atoms with Crippen molar-refractivity contribution in [1.82, 2.24) is 9.55 Å². The number of rotatable bonds is 6. The highest BCUT2D eigenvalue weighted by Gasteiger charge is 2.34. The largest absolute Gasteiger partial charge is 0.369 e. The summed E-state index contributed by atoms with van der Waals surface area (Å²) in [5.74, 6) is 0.496. The second-order valence-corrected chi connectivity index (χ2v) is 10.5. The van der Waals surface area contributed by atoms with Gasteiger partial charge in [0.05, 0.1) is 11.2 Å². The summed E-state index contributed by atoms with van der Waals surface area (Å²) in [7, 11) is 3.55. The van der Waals surface area contributed by atoms with Crippen molar-refractivity contribution in [2.45, 2.75) is 57.5 Å². The van der Waals surface area contributed by atoms with Crippen LogP contribution in [-0.4, -0.2) is 35.2 Å². The van der Waals surface area contributed by atoms with Gasteiger partial charge < -0.3 is 14.4 Å². The average molecular weight is 499 g/mol. The van der Waals surface area contributed by atoms with Gasteiger partial charge in [0.25, 0.3) is 5.56 Å². The molecule has 0 atom stereocenters. The van der Waals surface area contributed by atoms with Crippen LogP contribution in [0, 0.1) is 41.3 Å². The molecule has 0 N–H and O–H groups in total. The number of halogens is 1. The van der Waals surface area contributed by atoms with E-state index in [4.69, 9.17) is 0 Å². The Morgan fingerprint density at radius 3 is 2.38 bits per heavy atom. The van der Waals surface area contributed by atoms with Crippen molar-refractivity contribution in [3.63, 3.8) is 0 Å². The van der Waals surface area contributed by atoms with E-state index < -0.39 is 0 Å². The summed E-state index contributed by atoms with van der Waals surface area (Å²) in [6, 6.07) is 13.0. The lowest BCUT2D eigenvalue weighted by molar-refractivity contribution is 0.364. The van der Waals surface area contributed by atoms with Crippen LogP contribution in [0.5, 0.6) is 0 Å². The number of nitrogens with zero attached hydrogens (tertiary/aromatic N) is 6. The van der Waals surface area contributed by atoms with Crippen LogP contribution < -0.4 is 15.4 Å². The van der Waals surface area contributed by atoms with E-state index in [0.29, 0.717) is 28.7 Å². The molecule has 8 heteroatoms. The van der Waals surface area contributed by atoms with Crippen molar-refractivity contribution >= 4 is 22.4 Å². The molecular formula is C29H31FN6O. The van der Waals surface area contributed by atoms with Crippen molar-refractivity contribution in [3.05, 3.63) is 63.3 Å². The number of hydrogen-bond donors (Lipinski definition) is 0. The molecule has 0 spiro atoms. The third-order valence-corrected chi connectivity index (χ3v) is 8.07. The predicted molar refractivity (Wildman–Crippen MR) is 142 cm³/mol. The van der Waals surface area contributed by atoms with Crippen LogP contribution >= 0.6 is 0 Å². The maximum Gasteiger partial charge on any atom is 0.270 e. The molecule has 37 heavy (non-hydrogen) atoms. The number of anilines is 2. The minimum Gasteiger partial charge on any atom is -0.369 e. The van der Waals surface area contributed by atoms with Crippen LogP contribution in [0.2, 0.25) is 0 Å². The standard InChI is InChI=1S/C29H31FN6O/c1-18-14-20(30)6-12-25(18)36(17-19-4-5-19)23-10-8-22(9-11-23)34(2)28-24(16-32)29(37)35(3)26-13-7-21(15-31)33-27(26)28/h6-7,12-14,19,22-23H,4-5,8-11,17H2,1-3H3/t22-,23+. The van der Waals surface area contributed by atoms with Gasteiger partial charge in [-0.2, -0.15) is 10.5 Å². The number of nitriles is 2. The fourth-order valence-corrected chi connectivity index (χ4v) is 5.80. The molecule has 2 aliphatic rings. The molecular weight excluding hydrogens is 467 g/mol. The van der Waals surface area contributed by atoms with Gasteiger partial charge >= 0.3 is 0 Å². The molecule has 2 aromatic heterocycles. The average Bonchev–Trinajstić information content (AvgIpc) is 3.73. The van der Waals surface area contributed by atoms with Gasteiger partial charge in [0.1, 0.15) is 34.7 Å². The molecule has 190 valence electrons. The number of fused-ring (bicyclic) bond motifs is 1. The first kappa shape index (κ1) is 24.8. The number of benzene rings is 1. The summed E-state index contributed by atoms with van der Waals surface area (Å²) in [6.45, 7) is 2.97. The molecule has 0 saturated heterocycles. The molecule has 0 radical (unpaired) electrons. The molecule has 2 aliphatic carbocycles. The van der Waals surface area contributed by atoms with E-state index in [1.807, 2.05) is 24.9 Å². The maximum absolute atomic E-state index is 13.8. The Morgan fingerprint density at radius 1 is 1.05 bits per heavy atom. The van der Waals surface area contributed by atoms with Crippen molar-refractivity contribution in [3.8, 4) is 12.1 Å². The van der Waals surface area contributed by atoms with E-state index >= 15 is 0 Å². The third-order valence-electron chi connectivity index (χ3n) is 8.07. The lowest BCUT2D eigenvalue weighted by Gasteiger charge is -2.42. The summed E-state index contributed by atoms with van der Waals surface area (Å²) in [4.78, 5) is 22.0. The summed E-state index contributed by atoms with van der Waals surface area (Å²) < 4.78 is 15.2. The van der Waals surface area contributed by atoms with E-state index in [0.717, 1.165) is 43.5 Å². The maximum atomic E-state index is 13.8. The molecule has 0 amide bonds. The first-order chi connectivity index (χ1) is 17.8. The van der Waals surface area contributed by atoms with E-state index in [1.54, 1.807) is 31.3 Å². The van der Waals surface area contributed by atoms with Crippen LogP contribution in [0.15, 0.2) is 35.1 Å². The molecule has 1 aromatic carbocycles. The van der Waals surface area contributed by atoms with Crippen LogP contribution in [0.1, 0.15) is 55.3 Å². The predicted octanol–water partition coefficient (Wildman–Crippen LogP) is 4.79. The van der Waals surface area contributed by atoms with Crippen LogP contribution in [0.25, 0.3) is 11.0 Å². The van der Waals surface area contributed by atoms with E-state index in [-0.39, 0.29) is 28.7 Å². The quantitative estimate of drug-likeness (QED) is 0.486. The Balaban J connectivity index is 1.44. The van der Waals surface area contributed by atoms with Gasteiger partial charge in [-0.15, -0.1) is 0 Å². The Morgan fingerprint density at radius 2 is 1.76 bits per heavy atom. The fraction of sp³-hybridized carbons (Fsp3) is 0.448. The van der Waals surface area contributed by atoms with E-state index in [2.05, 4.69) is 22.0 Å². The summed E-state index contributed by atoms with van der Waals surface area (Å²) in [5.41, 5.74) is 3.62. The monoisotopic (exact) mass is 498 g/mol. The topological polar surface area (TPSA) is 89.0 Å². The molecule has 2 fully saturated rings. The smallest absolute Gasteiger partial charge is 0.270 e. The fourth-order valence-electron chi connectivity index (χ4n) is 5.80. The number of hydrogen-bond acceptors (Lipinski definition) is 6. The number of aryl methyl sites for hydroxylation is 2. The van der Waals surface area contributed by atoms with Crippen molar-refractivity contribution in [1.29, 1.82) is 10.5 Å². The summed E-state index contributed by atoms with van der Waals surface area (Å²) in [5, 5.41) is 19.3. The minimum absolute atomic E-state index is 0.0551. The molecule has 2 saturated carbocycles. The van der Waals surface area contributed by atoms with Crippen LogP contribution in [0.3, 0.4) is 0 Å². The zero-order chi connectivity index (χ0) is 26.3. The molecule has 0 bridgehead atoms. The summed E-state index contributed by atoms with van der Waals surface area (Å²) >= 11 is 0. The second kappa shape index (κ2) is 9.86. The molecule has 2 heterocycles. The Kier molecular flexibility index (Phi) is 6.60. The zero-order valence-corrected chi connectivity index (χ0v) is 21.5. The second-order valence-electron chi connectivity index (χ2n) is 10.5. The van der Waals surface area contributed by atoms with Crippen molar-refractivity contribution in [2.24, 2.45) is 13.0 Å². The Hall–Kier alpha value is -3.91. The first-order valence-electron chi connectivity index (χ1n) is 12.9. The Labute approximate surface area is 216 Å². The zero-order valence-electron chi connectivity index (χ0n) is 21.5. The van der Waals surface area contributed by atoms with Crippen molar-refractivity contribution < 1.29 is 4.39 Å². The first-order valence-corrected chi connectivity index (χ1v) is 12.9. The lowest BCUT2D eigenvalue weighted by atomic mass is 9.88. The lowest BCUT2D eigenvalue weighted by Crippen LogP contribution is -2.45. The van der Waals surface area contributed by atoms with Gasteiger partial charge in [0.15, 0.2) is 0 Å². The molecule has 3 aromatic rings. The van der Waals surface area contributed by atoms with E-state index in [1.165, 1.54) is 17.4 Å². The minimum atomic E-state index is -0.362. The van der Waals surface area contributed by atoms with Gasteiger partial charge in [0, 0.05) is 38.4 Å². The van der Waals surface area contributed by atoms with Gasteiger partial charge in [-0.3, -0.25) is 4.79 Å². The SMILES string of the molecule is Cc1cc(F)ccc1N(CC1CC1)[C@H]1CC[C@@H](N(C)c2c(C#N)c(=O)n(C)c3ccc(C#N)nc23)CC1. The van der Waals surface area contributed by atoms with Gasteiger partial charge in [-0.25, -0.2) is 9.37 Å². The normalized spacial score (nSPS) is 19.3. The number of aromatic nitrogens is 2. The highest BCUT2D eigenvalue weighted by Crippen LogP contribution is 2.38. The van der Waals surface area contributed by atoms with E-state index in [9.17, 15) is 19.7 Å². The molecule has 0 unspecified atom stereocenters.